The number of halogens is 1. The van der Waals surface area contributed by atoms with Crippen LogP contribution in [0.2, 0.25) is 0 Å². The fraction of sp³-hybridized carbons (Fsp3) is 0.200. The number of anilines is 1. The van der Waals surface area contributed by atoms with Crippen LogP contribution in [0, 0.1) is 10.1 Å². The molecule has 0 unspecified atom stereocenters. The zero-order valence-corrected chi connectivity index (χ0v) is 13.1. The molecule has 0 saturated heterocycles. The van der Waals surface area contributed by atoms with Crippen molar-refractivity contribution < 1.29 is 9.66 Å². The molecule has 1 N–H and O–H groups in total. The van der Waals surface area contributed by atoms with Crippen molar-refractivity contribution in [3.63, 3.8) is 0 Å². The number of nitro benzene ring substituents is 1. The molecule has 2 aromatic rings. The second kappa shape index (κ2) is 7.08. The lowest BCUT2D eigenvalue weighted by Crippen LogP contribution is -2.02. The molecule has 0 aliphatic heterocycles. The van der Waals surface area contributed by atoms with E-state index in [-0.39, 0.29) is 5.69 Å². The van der Waals surface area contributed by atoms with Crippen molar-refractivity contribution in [2.24, 2.45) is 0 Å². The molecule has 0 heterocycles. The second-order valence-corrected chi connectivity index (χ2v) is 5.21. The van der Waals surface area contributed by atoms with Crippen molar-refractivity contribution in [3.8, 4) is 5.75 Å². The van der Waals surface area contributed by atoms with Crippen LogP contribution in [-0.4, -0.2) is 11.5 Å². The zero-order chi connectivity index (χ0) is 15.2. The lowest BCUT2D eigenvalue weighted by atomic mass is 10.2. The maximum atomic E-state index is 11.0. The van der Waals surface area contributed by atoms with Gasteiger partial charge in [-0.3, -0.25) is 10.1 Å². The number of non-ortho nitro benzene ring substituents is 1. The molecule has 6 heteroatoms. The lowest BCUT2D eigenvalue weighted by molar-refractivity contribution is -0.384. The fourth-order valence-electron chi connectivity index (χ4n) is 1.88. The Morgan fingerprint density at radius 1 is 1.29 bits per heavy atom. The Morgan fingerprint density at radius 3 is 2.71 bits per heavy atom. The smallest absolute Gasteiger partial charge is 0.275 e. The third-order valence-electron chi connectivity index (χ3n) is 2.85. The standard InChI is InChI=1S/C15H15BrN2O3/c1-2-21-14-8-12(7-13(9-14)18(19)20)17-10-11-5-3-4-6-15(11)16/h3-9,17H,2,10H2,1H3. The average Bonchev–Trinajstić information content (AvgIpc) is 2.46. The van der Waals surface area contributed by atoms with Gasteiger partial charge in [-0.25, -0.2) is 0 Å². The topological polar surface area (TPSA) is 64.4 Å². The average molecular weight is 351 g/mol. The molecule has 0 amide bonds. The van der Waals surface area contributed by atoms with Gasteiger partial charge >= 0.3 is 0 Å². The van der Waals surface area contributed by atoms with Gasteiger partial charge in [0.05, 0.1) is 17.6 Å². The Bertz CT molecular complexity index is 647. The summed E-state index contributed by atoms with van der Waals surface area (Å²) < 4.78 is 6.35. The summed E-state index contributed by atoms with van der Waals surface area (Å²) >= 11 is 3.47. The monoisotopic (exact) mass is 350 g/mol. The van der Waals surface area contributed by atoms with E-state index in [9.17, 15) is 10.1 Å². The van der Waals surface area contributed by atoms with Crippen LogP contribution in [0.25, 0.3) is 0 Å². The first-order valence-electron chi connectivity index (χ1n) is 6.49. The van der Waals surface area contributed by atoms with Gasteiger partial charge in [-0.1, -0.05) is 34.1 Å². The largest absolute Gasteiger partial charge is 0.494 e. The third-order valence-corrected chi connectivity index (χ3v) is 3.63. The summed E-state index contributed by atoms with van der Waals surface area (Å²) in [6.45, 7) is 2.87. The van der Waals surface area contributed by atoms with Gasteiger partial charge in [0.1, 0.15) is 5.75 Å². The molecular weight excluding hydrogens is 336 g/mol. The SMILES string of the molecule is CCOc1cc(NCc2ccccc2Br)cc([N+](=O)[O-])c1. The number of nitrogens with zero attached hydrogens (tertiary/aromatic N) is 1. The fourth-order valence-corrected chi connectivity index (χ4v) is 2.30. The molecule has 21 heavy (non-hydrogen) atoms. The van der Waals surface area contributed by atoms with Crippen molar-refractivity contribution in [3.05, 3.63) is 62.6 Å². The van der Waals surface area contributed by atoms with E-state index in [0.717, 1.165) is 10.0 Å². The van der Waals surface area contributed by atoms with Crippen molar-refractivity contribution in [1.82, 2.24) is 0 Å². The zero-order valence-electron chi connectivity index (χ0n) is 11.5. The van der Waals surface area contributed by atoms with Crippen LogP contribution >= 0.6 is 15.9 Å². The van der Waals surface area contributed by atoms with Crippen LogP contribution in [0.4, 0.5) is 11.4 Å². The van der Waals surface area contributed by atoms with E-state index in [1.165, 1.54) is 12.1 Å². The molecule has 0 saturated carbocycles. The number of rotatable bonds is 6. The predicted molar refractivity (Wildman–Crippen MR) is 85.7 cm³/mol. The first kappa shape index (κ1) is 15.3. The Balaban J connectivity index is 2.19. The minimum atomic E-state index is -0.424. The van der Waals surface area contributed by atoms with Gasteiger partial charge in [-0.15, -0.1) is 0 Å². The maximum absolute atomic E-state index is 11.0. The molecule has 0 aromatic heterocycles. The molecule has 0 bridgehead atoms. The molecule has 0 atom stereocenters. The summed E-state index contributed by atoms with van der Waals surface area (Å²) in [6, 6.07) is 12.5. The number of hydrogen-bond acceptors (Lipinski definition) is 4. The number of benzene rings is 2. The van der Waals surface area contributed by atoms with Gasteiger partial charge in [-0.2, -0.15) is 0 Å². The number of ether oxygens (including phenoxy) is 1. The Hall–Kier alpha value is -2.08. The van der Waals surface area contributed by atoms with E-state index in [2.05, 4.69) is 21.2 Å². The minimum Gasteiger partial charge on any atom is -0.494 e. The number of nitrogens with one attached hydrogen (secondary N) is 1. The number of nitro groups is 1. The summed E-state index contributed by atoms with van der Waals surface area (Å²) in [5.41, 5.74) is 1.74. The van der Waals surface area contributed by atoms with E-state index in [1.54, 1.807) is 6.07 Å². The van der Waals surface area contributed by atoms with Crippen LogP contribution in [0.1, 0.15) is 12.5 Å². The number of hydrogen-bond donors (Lipinski definition) is 1. The van der Waals surface area contributed by atoms with Crippen LogP contribution < -0.4 is 10.1 Å². The molecule has 0 spiro atoms. The van der Waals surface area contributed by atoms with E-state index in [4.69, 9.17) is 4.74 Å². The first-order valence-corrected chi connectivity index (χ1v) is 7.29. The van der Waals surface area contributed by atoms with E-state index >= 15 is 0 Å². The summed E-state index contributed by atoms with van der Waals surface area (Å²) in [5, 5.41) is 14.1. The van der Waals surface area contributed by atoms with Crippen LogP contribution in [-0.2, 0) is 6.54 Å². The third kappa shape index (κ3) is 4.19. The quantitative estimate of drug-likeness (QED) is 0.620. The molecule has 0 radical (unpaired) electrons. The molecular formula is C15H15BrN2O3. The van der Waals surface area contributed by atoms with Crippen LogP contribution in [0.3, 0.4) is 0 Å². The normalized spacial score (nSPS) is 10.2. The molecule has 0 aliphatic rings. The van der Waals surface area contributed by atoms with Crippen LogP contribution in [0.5, 0.6) is 5.75 Å². The Labute approximate surface area is 131 Å². The summed E-state index contributed by atoms with van der Waals surface area (Å²) in [4.78, 5) is 10.5. The highest BCUT2D eigenvalue weighted by molar-refractivity contribution is 9.10. The Kier molecular flexibility index (Phi) is 5.16. The van der Waals surface area contributed by atoms with Gasteiger partial charge in [0, 0.05) is 28.8 Å². The highest BCUT2D eigenvalue weighted by Crippen LogP contribution is 2.27. The molecule has 0 fully saturated rings. The molecule has 2 aromatic carbocycles. The summed E-state index contributed by atoms with van der Waals surface area (Å²) in [6.07, 6.45) is 0. The molecule has 110 valence electrons. The first-order chi connectivity index (χ1) is 10.1. The van der Waals surface area contributed by atoms with Gasteiger partial charge in [0.2, 0.25) is 0 Å². The van der Waals surface area contributed by atoms with Gasteiger partial charge < -0.3 is 10.1 Å². The van der Waals surface area contributed by atoms with Gasteiger partial charge in [0.25, 0.3) is 5.69 Å². The van der Waals surface area contributed by atoms with E-state index in [0.29, 0.717) is 24.6 Å². The predicted octanol–water partition coefficient (Wildman–Crippen LogP) is 4.37. The van der Waals surface area contributed by atoms with E-state index < -0.39 is 4.92 Å². The van der Waals surface area contributed by atoms with Crippen molar-refractivity contribution in [2.75, 3.05) is 11.9 Å². The Morgan fingerprint density at radius 2 is 2.05 bits per heavy atom. The minimum absolute atomic E-state index is 0.00979. The molecule has 2 rings (SSSR count). The van der Waals surface area contributed by atoms with Gasteiger partial charge in [0.15, 0.2) is 0 Å². The van der Waals surface area contributed by atoms with Crippen molar-refractivity contribution in [2.45, 2.75) is 13.5 Å². The summed E-state index contributed by atoms with van der Waals surface area (Å²) in [7, 11) is 0. The summed E-state index contributed by atoms with van der Waals surface area (Å²) in [5.74, 6) is 0.487. The highest BCUT2D eigenvalue weighted by atomic mass is 79.9. The van der Waals surface area contributed by atoms with Gasteiger partial charge in [-0.05, 0) is 18.6 Å². The highest BCUT2D eigenvalue weighted by Gasteiger charge is 2.10. The van der Waals surface area contributed by atoms with Crippen molar-refractivity contribution in [1.29, 1.82) is 0 Å². The van der Waals surface area contributed by atoms with Crippen LogP contribution in [0.15, 0.2) is 46.9 Å². The molecule has 0 aliphatic carbocycles. The maximum Gasteiger partial charge on any atom is 0.275 e. The van der Waals surface area contributed by atoms with Crippen molar-refractivity contribution >= 4 is 27.3 Å². The second-order valence-electron chi connectivity index (χ2n) is 4.35. The van der Waals surface area contributed by atoms with E-state index in [1.807, 2.05) is 31.2 Å². The molecule has 5 nitrogen and oxygen atoms in total. The lowest BCUT2D eigenvalue weighted by Gasteiger charge is -2.10.